The SMILES string of the molecule is COc1ccccc1-c1csc(-c2nnn(-c3ccc(C(C)=O)cc3)c2N)n1. The molecule has 0 saturated heterocycles. The molecule has 0 unspecified atom stereocenters. The molecule has 0 radical (unpaired) electrons. The number of ether oxygens (including phenoxy) is 1. The number of nitrogen functional groups attached to an aromatic ring is 1. The highest BCUT2D eigenvalue weighted by atomic mass is 32.1. The molecule has 0 saturated carbocycles. The highest BCUT2D eigenvalue weighted by Gasteiger charge is 2.18. The molecule has 4 aromatic rings. The minimum absolute atomic E-state index is 0.00505. The predicted molar refractivity (Wildman–Crippen MR) is 109 cm³/mol. The smallest absolute Gasteiger partial charge is 0.165 e. The third-order valence-electron chi connectivity index (χ3n) is 4.31. The molecule has 140 valence electrons. The van der Waals surface area contributed by atoms with Gasteiger partial charge in [0.25, 0.3) is 0 Å². The number of carbonyl (C=O) groups excluding carboxylic acids is 1. The Labute approximate surface area is 165 Å². The van der Waals surface area contributed by atoms with Gasteiger partial charge in [-0.05, 0) is 43.3 Å². The molecule has 28 heavy (non-hydrogen) atoms. The maximum Gasteiger partial charge on any atom is 0.165 e. The Kier molecular flexibility index (Phi) is 4.62. The molecular formula is C20H17N5O2S. The van der Waals surface area contributed by atoms with E-state index < -0.39 is 0 Å². The number of rotatable bonds is 5. The summed E-state index contributed by atoms with van der Waals surface area (Å²) in [6.45, 7) is 1.53. The quantitative estimate of drug-likeness (QED) is 0.519. The summed E-state index contributed by atoms with van der Waals surface area (Å²) in [5.74, 6) is 1.14. The fraction of sp³-hybridized carbons (Fsp3) is 0.100. The number of anilines is 1. The molecule has 0 atom stereocenters. The van der Waals surface area contributed by atoms with Crippen LogP contribution in [0.5, 0.6) is 5.75 Å². The number of methoxy groups -OCH3 is 1. The van der Waals surface area contributed by atoms with Gasteiger partial charge in [0.05, 0.1) is 18.5 Å². The van der Waals surface area contributed by atoms with E-state index in [1.54, 1.807) is 31.4 Å². The van der Waals surface area contributed by atoms with E-state index in [1.807, 2.05) is 29.6 Å². The van der Waals surface area contributed by atoms with E-state index in [-0.39, 0.29) is 5.78 Å². The zero-order valence-corrected chi connectivity index (χ0v) is 16.1. The first-order valence-corrected chi connectivity index (χ1v) is 9.38. The third kappa shape index (κ3) is 3.14. The van der Waals surface area contributed by atoms with Gasteiger partial charge in [0.15, 0.2) is 17.3 Å². The molecule has 0 amide bonds. The summed E-state index contributed by atoms with van der Waals surface area (Å²) in [7, 11) is 1.63. The summed E-state index contributed by atoms with van der Waals surface area (Å²) in [5.41, 5.74) is 9.84. The van der Waals surface area contributed by atoms with Gasteiger partial charge < -0.3 is 10.5 Å². The Hall–Kier alpha value is -3.52. The Morgan fingerprint density at radius 1 is 1.14 bits per heavy atom. The van der Waals surface area contributed by atoms with Crippen LogP contribution in [0.4, 0.5) is 5.82 Å². The van der Waals surface area contributed by atoms with Gasteiger partial charge in [0, 0.05) is 16.5 Å². The Morgan fingerprint density at radius 3 is 2.61 bits per heavy atom. The summed E-state index contributed by atoms with van der Waals surface area (Å²) >= 11 is 1.44. The Morgan fingerprint density at radius 2 is 1.89 bits per heavy atom. The van der Waals surface area contributed by atoms with Crippen molar-refractivity contribution in [1.82, 2.24) is 20.0 Å². The van der Waals surface area contributed by atoms with Gasteiger partial charge in [-0.2, -0.15) is 4.68 Å². The summed E-state index contributed by atoms with van der Waals surface area (Å²) < 4.78 is 6.94. The number of hydrogen-bond donors (Lipinski definition) is 1. The maximum absolute atomic E-state index is 11.4. The van der Waals surface area contributed by atoms with Crippen molar-refractivity contribution in [1.29, 1.82) is 0 Å². The van der Waals surface area contributed by atoms with Crippen molar-refractivity contribution in [3.05, 3.63) is 59.5 Å². The standard InChI is InChI=1S/C20H17N5O2S/c1-12(26)13-7-9-14(10-8-13)25-19(21)18(23-24-25)20-22-16(11-28-20)15-5-3-4-6-17(15)27-2/h3-11H,21H2,1-2H3. The average molecular weight is 391 g/mol. The van der Waals surface area contributed by atoms with E-state index in [4.69, 9.17) is 10.5 Å². The van der Waals surface area contributed by atoms with Crippen LogP contribution in [0.2, 0.25) is 0 Å². The van der Waals surface area contributed by atoms with Gasteiger partial charge in [-0.3, -0.25) is 4.79 Å². The van der Waals surface area contributed by atoms with Crippen LogP contribution in [0, 0.1) is 0 Å². The van der Waals surface area contributed by atoms with Crippen molar-refractivity contribution < 1.29 is 9.53 Å². The average Bonchev–Trinajstić information content (AvgIpc) is 3.34. The fourth-order valence-corrected chi connectivity index (χ4v) is 3.64. The third-order valence-corrected chi connectivity index (χ3v) is 5.16. The van der Waals surface area contributed by atoms with Crippen LogP contribution in [-0.2, 0) is 0 Å². The van der Waals surface area contributed by atoms with Crippen LogP contribution >= 0.6 is 11.3 Å². The molecule has 2 heterocycles. The molecule has 2 aromatic carbocycles. The molecule has 0 bridgehead atoms. The van der Waals surface area contributed by atoms with E-state index in [0.717, 1.165) is 22.7 Å². The first-order valence-electron chi connectivity index (χ1n) is 8.50. The van der Waals surface area contributed by atoms with Gasteiger partial charge in [-0.15, -0.1) is 16.4 Å². The monoisotopic (exact) mass is 391 g/mol. The molecular weight excluding hydrogens is 374 g/mol. The largest absolute Gasteiger partial charge is 0.496 e. The van der Waals surface area contributed by atoms with E-state index in [1.165, 1.54) is 22.9 Å². The number of Topliss-reactive ketones (excluding diaryl/α,β-unsaturated/α-hetero) is 1. The molecule has 0 fully saturated rings. The van der Waals surface area contributed by atoms with E-state index in [9.17, 15) is 4.79 Å². The summed E-state index contributed by atoms with van der Waals surface area (Å²) in [4.78, 5) is 16.1. The summed E-state index contributed by atoms with van der Waals surface area (Å²) in [6.07, 6.45) is 0. The van der Waals surface area contributed by atoms with E-state index >= 15 is 0 Å². The molecule has 4 rings (SSSR count). The van der Waals surface area contributed by atoms with Crippen LogP contribution < -0.4 is 10.5 Å². The number of para-hydroxylation sites is 1. The number of nitrogens with two attached hydrogens (primary N) is 1. The van der Waals surface area contributed by atoms with Crippen LogP contribution in [0.1, 0.15) is 17.3 Å². The van der Waals surface area contributed by atoms with Gasteiger partial charge in [-0.25, -0.2) is 4.98 Å². The van der Waals surface area contributed by atoms with E-state index in [2.05, 4.69) is 15.3 Å². The molecule has 2 N–H and O–H groups in total. The summed E-state index contributed by atoms with van der Waals surface area (Å²) in [6, 6.07) is 14.7. The van der Waals surface area contributed by atoms with Crippen molar-refractivity contribution in [3.63, 3.8) is 0 Å². The molecule has 0 aliphatic carbocycles. The number of benzene rings is 2. The van der Waals surface area contributed by atoms with Crippen LogP contribution in [0.25, 0.3) is 27.6 Å². The second kappa shape index (κ2) is 7.24. The molecule has 0 spiro atoms. The molecule has 0 aliphatic rings. The number of aromatic nitrogens is 4. The van der Waals surface area contributed by atoms with Gasteiger partial charge >= 0.3 is 0 Å². The second-order valence-corrected chi connectivity index (χ2v) is 6.93. The van der Waals surface area contributed by atoms with Crippen molar-refractivity contribution in [3.8, 4) is 33.4 Å². The highest BCUT2D eigenvalue weighted by molar-refractivity contribution is 7.13. The topological polar surface area (TPSA) is 95.9 Å². The maximum atomic E-state index is 11.4. The lowest BCUT2D eigenvalue weighted by Gasteiger charge is -2.05. The number of nitrogens with zero attached hydrogens (tertiary/aromatic N) is 4. The van der Waals surface area contributed by atoms with Crippen molar-refractivity contribution in [2.45, 2.75) is 6.92 Å². The van der Waals surface area contributed by atoms with E-state index in [0.29, 0.717) is 22.1 Å². The zero-order chi connectivity index (χ0) is 19.7. The number of hydrogen-bond acceptors (Lipinski definition) is 7. The van der Waals surface area contributed by atoms with Crippen molar-refractivity contribution >= 4 is 22.9 Å². The van der Waals surface area contributed by atoms with Crippen LogP contribution in [-0.4, -0.2) is 32.9 Å². The lowest BCUT2D eigenvalue weighted by atomic mass is 10.1. The fourth-order valence-electron chi connectivity index (χ4n) is 2.83. The Bertz CT molecular complexity index is 1150. The van der Waals surface area contributed by atoms with Gasteiger partial charge in [0.1, 0.15) is 10.8 Å². The summed E-state index contributed by atoms with van der Waals surface area (Å²) in [5, 5.41) is 11.0. The van der Waals surface area contributed by atoms with Crippen molar-refractivity contribution in [2.24, 2.45) is 0 Å². The molecule has 7 nitrogen and oxygen atoms in total. The van der Waals surface area contributed by atoms with Gasteiger partial charge in [-0.1, -0.05) is 17.3 Å². The van der Waals surface area contributed by atoms with Crippen molar-refractivity contribution in [2.75, 3.05) is 12.8 Å². The number of carbonyl (C=O) groups is 1. The lowest BCUT2D eigenvalue weighted by molar-refractivity contribution is 0.101. The first-order chi connectivity index (χ1) is 13.6. The normalized spacial score (nSPS) is 10.8. The lowest BCUT2D eigenvalue weighted by Crippen LogP contribution is -2.03. The minimum atomic E-state index is 0.00505. The van der Waals surface area contributed by atoms with Gasteiger partial charge in [0.2, 0.25) is 0 Å². The number of thiazole rings is 1. The highest BCUT2D eigenvalue weighted by Crippen LogP contribution is 2.35. The Balaban J connectivity index is 1.68. The molecule has 2 aromatic heterocycles. The minimum Gasteiger partial charge on any atom is -0.496 e. The molecule has 8 heteroatoms. The van der Waals surface area contributed by atoms with Crippen LogP contribution in [0.15, 0.2) is 53.9 Å². The number of ketones is 1. The predicted octanol–water partition coefficient (Wildman–Crippen LogP) is 3.85. The van der Waals surface area contributed by atoms with Crippen LogP contribution in [0.3, 0.4) is 0 Å². The molecule has 0 aliphatic heterocycles. The first kappa shape index (κ1) is 17.9. The second-order valence-electron chi connectivity index (χ2n) is 6.08. The zero-order valence-electron chi connectivity index (χ0n) is 15.3.